The van der Waals surface area contributed by atoms with E-state index in [-0.39, 0.29) is 35.9 Å². The van der Waals surface area contributed by atoms with Crippen molar-refractivity contribution in [1.29, 1.82) is 5.26 Å². The van der Waals surface area contributed by atoms with Crippen molar-refractivity contribution in [3.8, 4) is 6.07 Å². The number of carbonyl (C=O) groups is 3. The molecule has 0 radical (unpaired) electrons. The summed E-state index contributed by atoms with van der Waals surface area (Å²) in [6.07, 6.45) is 3.22. The number of nitrogens with two attached hydrogens (primary N) is 1. The second-order valence-electron chi connectivity index (χ2n) is 8.71. The summed E-state index contributed by atoms with van der Waals surface area (Å²) < 4.78 is 31.7. The number of rotatable bonds is 3. The Balaban J connectivity index is 0.000000406. The molecule has 1 aromatic rings. The number of amides is 2. The molecule has 12 heteroatoms. The molecule has 4 rings (SSSR count). The van der Waals surface area contributed by atoms with Crippen LogP contribution in [0.4, 0.5) is 13.2 Å². The van der Waals surface area contributed by atoms with Gasteiger partial charge >= 0.3 is 12.1 Å². The second-order valence-corrected chi connectivity index (χ2v) is 8.71. The van der Waals surface area contributed by atoms with Crippen LogP contribution in [0.2, 0.25) is 0 Å². The van der Waals surface area contributed by atoms with Crippen molar-refractivity contribution in [1.82, 2.24) is 14.8 Å². The van der Waals surface area contributed by atoms with E-state index in [1.54, 1.807) is 29.4 Å². The van der Waals surface area contributed by atoms with Crippen molar-refractivity contribution < 1.29 is 32.7 Å². The lowest BCUT2D eigenvalue weighted by atomic mass is 9.84. The van der Waals surface area contributed by atoms with Crippen LogP contribution in [0.25, 0.3) is 0 Å². The number of alkyl halides is 3. The number of aliphatic carboxylic acids is 1. The number of pyridine rings is 1. The van der Waals surface area contributed by atoms with E-state index in [1.165, 1.54) is 0 Å². The van der Waals surface area contributed by atoms with Gasteiger partial charge < -0.3 is 20.6 Å². The number of hydrogen-bond acceptors (Lipinski definition) is 6. The molecule has 2 bridgehead atoms. The first-order valence-corrected chi connectivity index (χ1v) is 11.0. The van der Waals surface area contributed by atoms with Gasteiger partial charge in [0.15, 0.2) is 0 Å². The summed E-state index contributed by atoms with van der Waals surface area (Å²) in [5.41, 5.74) is 7.02. The first kappa shape index (κ1) is 25.4. The van der Waals surface area contributed by atoms with Gasteiger partial charge in [-0.1, -0.05) is 0 Å². The molecule has 3 aliphatic heterocycles. The average Bonchev–Trinajstić information content (AvgIpc) is 3.39. The molecule has 0 spiro atoms. The largest absolute Gasteiger partial charge is 0.490 e. The molecule has 34 heavy (non-hydrogen) atoms. The third kappa shape index (κ3) is 5.47. The molecule has 0 aliphatic carbocycles. The summed E-state index contributed by atoms with van der Waals surface area (Å²) in [5, 5.41) is 16.4. The van der Waals surface area contributed by atoms with Gasteiger partial charge in [0, 0.05) is 36.6 Å². The second kappa shape index (κ2) is 10.4. The Bertz CT molecular complexity index is 938. The lowest BCUT2D eigenvalue weighted by Crippen LogP contribution is -2.54. The molecule has 4 atom stereocenters. The highest BCUT2D eigenvalue weighted by Crippen LogP contribution is 2.41. The van der Waals surface area contributed by atoms with Crippen molar-refractivity contribution in [2.75, 3.05) is 6.54 Å². The third-order valence-corrected chi connectivity index (χ3v) is 6.65. The highest BCUT2D eigenvalue weighted by atomic mass is 19.4. The Morgan fingerprint density at radius 3 is 2.21 bits per heavy atom. The molecular formula is C22H26F3N5O4. The molecular weight excluding hydrogens is 455 g/mol. The van der Waals surface area contributed by atoms with Crippen LogP contribution in [0.1, 0.15) is 48.9 Å². The predicted octanol–water partition coefficient (Wildman–Crippen LogP) is 1.94. The zero-order valence-corrected chi connectivity index (χ0v) is 18.3. The zero-order valence-electron chi connectivity index (χ0n) is 18.3. The monoisotopic (exact) mass is 481 g/mol. The van der Waals surface area contributed by atoms with Gasteiger partial charge in [-0.2, -0.15) is 18.4 Å². The van der Waals surface area contributed by atoms with Crippen LogP contribution < -0.4 is 5.73 Å². The summed E-state index contributed by atoms with van der Waals surface area (Å²) in [4.78, 5) is 42.3. The summed E-state index contributed by atoms with van der Waals surface area (Å²) in [6.45, 7) is 0.622. The molecule has 4 heterocycles. The van der Waals surface area contributed by atoms with E-state index in [1.807, 2.05) is 4.90 Å². The number of nitriles is 1. The van der Waals surface area contributed by atoms with Crippen molar-refractivity contribution in [3.05, 3.63) is 30.1 Å². The number of piperidine rings is 1. The quantitative estimate of drug-likeness (QED) is 0.672. The van der Waals surface area contributed by atoms with Gasteiger partial charge in [-0.05, 0) is 56.6 Å². The fourth-order valence-electron chi connectivity index (χ4n) is 5.05. The van der Waals surface area contributed by atoms with E-state index in [0.717, 1.165) is 38.5 Å². The van der Waals surface area contributed by atoms with Crippen LogP contribution in [-0.2, 0) is 9.59 Å². The van der Waals surface area contributed by atoms with Crippen LogP contribution in [0, 0.1) is 17.2 Å². The molecule has 2 unspecified atom stereocenters. The Kier molecular flexibility index (Phi) is 7.76. The summed E-state index contributed by atoms with van der Waals surface area (Å²) in [6, 6.07) is 5.06. The SMILES string of the molecule is N#C[C@@H]1CCCN1C(=O)[C@@H](N)C1CC2CCC(C1)N2C(=O)c1ccncc1.O=C(O)C(F)(F)F. The van der Waals surface area contributed by atoms with E-state index in [4.69, 9.17) is 15.6 Å². The van der Waals surface area contributed by atoms with Crippen molar-refractivity contribution in [3.63, 3.8) is 0 Å². The first-order chi connectivity index (χ1) is 16.0. The number of aromatic nitrogens is 1. The summed E-state index contributed by atoms with van der Waals surface area (Å²) in [7, 11) is 0. The number of carbonyl (C=O) groups excluding carboxylic acids is 2. The Morgan fingerprint density at radius 1 is 1.15 bits per heavy atom. The molecule has 3 N–H and O–H groups in total. The first-order valence-electron chi connectivity index (χ1n) is 11.0. The minimum atomic E-state index is -5.08. The minimum Gasteiger partial charge on any atom is -0.475 e. The third-order valence-electron chi connectivity index (χ3n) is 6.65. The molecule has 0 saturated carbocycles. The van der Waals surface area contributed by atoms with Crippen molar-refractivity contribution >= 4 is 17.8 Å². The van der Waals surface area contributed by atoms with E-state index in [0.29, 0.717) is 12.1 Å². The molecule has 3 saturated heterocycles. The van der Waals surface area contributed by atoms with E-state index in [2.05, 4.69) is 11.1 Å². The maximum absolute atomic E-state index is 12.9. The molecule has 1 aromatic heterocycles. The summed E-state index contributed by atoms with van der Waals surface area (Å²) in [5.74, 6) is -2.74. The topological polar surface area (TPSA) is 141 Å². The summed E-state index contributed by atoms with van der Waals surface area (Å²) >= 11 is 0. The number of fused-ring (bicyclic) bond motifs is 2. The molecule has 0 aromatic carbocycles. The molecule has 3 aliphatic rings. The van der Waals surface area contributed by atoms with E-state index in [9.17, 15) is 28.0 Å². The smallest absolute Gasteiger partial charge is 0.475 e. The highest BCUT2D eigenvalue weighted by Gasteiger charge is 2.47. The maximum Gasteiger partial charge on any atom is 0.490 e. The molecule has 3 fully saturated rings. The number of halogens is 3. The standard InChI is InChI=1S/C20H25N5O2.C2HF3O2/c21-12-17-2-1-9-24(17)20(27)18(22)14-10-15-3-4-16(11-14)25(15)19(26)13-5-7-23-8-6-13;3-2(4,5)1(6)7/h5-8,14-18H,1-4,9-11,22H2;(H,6,7)/t14?,15?,16?,17-,18-;/m0./s1. The Labute approximate surface area is 194 Å². The molecule has 184 valence electrons. The fourth-order valence-corrected chi connectivity index (χ4v) is 5.05. The van der Waals surface area contributed by atoms with Gasteiger partial charge in [0.25, 0.3) is 5.91 Å². The maximum atomic E-state index is 12.9. The molecule has 2 amide bonds. The van der Waals surface area contributed by atoms with Gasteiger partial charge in [-0.15, -0.1) is 0 Å². The number of likely N-dealkylation sites (tertiary alicyclic amines) is 1. The van der Waals surface area contributed by atoms with Gasteiger partial charge in [0.2, 0.25) is 5.91 Å². The number of nitrogens with zero attached hydrogens (tertiary/aromatic N) is 4. The average molecular weight is 481 g/mol. The van der Waals surface area contributed by atoms with Crippen LogP contribution in [0.3, 0.4) is 0 Å². The zero-order chi connectivity index (χ0) is 25.0. The van der Waals surface area contributed by atoms with Gasteiger partial charge in [-0.3, -0.25) is 14.6 Å². The minimum absolute atomic E-state index is 0.0485. The Morgan fingerprint density at radius 2 is 1.71 bits per heavy atom. The predicted molar refractivity (Wildman–Crippen MR) is 112 cm³/mol. The highest BCUT2D eigenvalue weighted by molar-refractivity contribution is 5.94. The number of carboxylic acid groups (broad SMARTS) is 1. The van der Waals surface area contributed by atoms with Crippen LogP contribution >= 0.6 is 0 Å². The lowest BCUT2D eigenvalue weighted by Gasteiger charge is -2.41. The van der Waals surface area contributed by atoms with Gasteiger partial charge in [0.05, 0.1) is 12.1 Å². The molecule has 9 nitrogen and oxygen atoms in total. The van der Waals surface area contributed by atoms with Gasteiger partial charge in [0.1, 0.15) is 6.04 Å². The Hall–Kier alpha value is -3.20. The van der Waals surface area contributed by atoms with Crippen molar-refractivity contribution in [2.24, 2.45) is 11.7 Å². The van der Waals surface area contributed by atoms with Crippen LogP contribution in [0.5, 0.6) is 0 Å². The van der Waals surface area contributed by atoms with Crippen molar-refractivity contribution in [2.45, 2.75) is 68.9 Å². The van der Waals surface area contributed by atoms with Gasteiger partial charge in [-0.25, -0.2) is 4.79 Å². The van der Waals surface area contributed by atoms with E-state index >= 15 is 0 Å². The number of hydrogen-bond donors (Lipinski definition) is 2. The lowest BCUT2D eigenvalue weighted by molar-refractivity contribution is -0.192. The number of carboxylic acids is 1. The van der Waals surface area contributed by atoms with Crippen LogP contribution in [0.15, 0.2) is 24.5 Å². The van der Waals surface area contributed by atoms with Crippen LogP contribution in [-0.4, -0.2) is 74.6 Å². The van der Waals surface area contributed by atoms with E-state index < -0.39 is 18.2 Å². The normalized spacial score (nSPS) is 26.8. The fraction of sp³-hybridized carbons (Fsp3) is 0.591.